The number of carbonyl (C=O) groups excluding carboxylic acids is 3. The van der Waals surface area contributed by atoms with Gasteiger partial charge in [0.15, 0.2) is 0 Å². The Labute approximate surface area is 169 Å². The second-order valence-electron chi connectivity index (χ2n) is 6.99. The maximum atomic E-state index is 12.4. The number of hydrogen-bond donors (Lipinski definition) is 1. The van der Waals surface area contributed by atoms with Crippen LogP contribution in [-0.4, -0.2) is 46.6 Å². The molecular formula is C21H25N3O5. The van der Waals surface area contributed by atoms with E-state index in [0.29, 0.717) is 0 Å². The molecule has 29 heavy (non-hydrogen) atoms. The molecule has 1 N–H and O–H groups in total. The molecule has 0 heterocycles. The highest BCUT2D eigenvalue weighted by Gasteiger charge is 2.33. The molecule has 0 saturated heterocycles. The van der Waals surface area contributed by atoms with Gasteiger partial charge in [-0.3, -0.25) is 4.79 Å². The predicted octanol–water partition coefficient (Wildman–Crippen LogP) is 2.95. The van der Waals surface area contributed by atoms with Gasteiger partial charge in [-0.25, -0.2) is 9.59 Å². The van der Waals surface area contributed by atoms with E-state index >= 15 is 0 Å². The number of ketones is 1. The van der Waals surface area contributed by atoms with Crippen LogP contribution in [0.15, 0.2) is 49.1 Å². The topological polar surface area (TPSA) is 118 Å². The number of nitrogens with one attached hydrogen (secondary N) is 1. The Bertz CT molecular complexity index is 818. The van der Waals surface area contributed by atoms with Gasteiger partial charge in [0, 0.05) is 6.42 Å². The van der Waals surface area contributed by atoms with E-state index in [1.54, 1.807) is 32.9 Å². The average molecular weight is 399 g/mol. The third-order valence-corrected chi connectivity index (χ3v) is 3.32. The smallest absolute Gasteiger partial charge is 0.441 e. The van der Waals surface area contributed by atoms with E-state index in [4.69, 9.17) is 15.0 Å². The second kappa shape index (κ2) is 11.4. The Kier molecular flexibility index (Phi) is 9.22. The van der Waals surface area contributed by atoms with Crippen LogP contribution in [0.2, 0.25) is 0 Å². The number of carbonyl (C=O) groups is 3. The lowest BCUT2D eigenvalue weighted by atomic mass is 10.1. The van der Waals surface area contributed by atoms with Gasteiger partial charge in [-0.2, -0.15) is 4.79 Å². The molecule has 0 saturated carbocycles. The molecule has 0 aromatic heterocycles. The zero-order chi connectivity index (χ0) is 21.9. The molecule has 1 amide bonds. The van der Waals surface area contributed by atoms with E-state index in [1.165, 1.54) is 6.08 Å². The highest BCUT2D eigenvalue weighted by Crippen LogP contribution is 2.09. The molecular weight excluding hydrogens is 374 g/mol. The second-order valence-corrected chi connectivity index (χ2v) is 6.99. The molecule has 1 aromatic rings. The number of amides is 1. The Morgan fingerprint density at radius 3 is 2.45 bits per heavy atom. The van der Waals surface area contributed by atoms with Crippen LogP contribution in [0.5, 0.6) is 0 Å². The molecule has 0 spiro atoms. The maximum absolute atomic E-state index is 12.4. The number of ether oxygens (including phenoxy) is 2. The molecule has 154 valence electrons. The third-order valence-electron chi connectivity index (χ3n) is 3.32. The van der Waals surface area contributed by atoms with Gasteiger partial charge in [0.05, 0.1) is 6.04 Å². The van der Waals surface area contributed by atoms with Gasteiger partial charge in [0.2, 0.25) is 0 Å². The SMILES string of the molecule is C=CCOC(=O)C(=[N+]=[N-])C(=O)C[C@H](/C=C/c1ccccc1)NC(=O)OC(C)(C)C. The molecule has 8 heteroatoms. The fourth-order valence-corrected chi connectivity index (χ4v) is 2.13. The van der Waals surface area contributed by atoms with Crippen molar-refractivity contribution in [2.75, 3.05) is 6.61 Å². The summed E-state index contributed by atoms with van der Waals surface area (Å²) in [4.78, 5) is 39.1. The molecule has 0 aliphatic carbocycles. The standard InChI is InChI=1S/C21H25N3O5/c1-5-13-28-19(26)18(24-22)17(25)14-16(23-20(27)29-21(2,3)4)12-11-15-9-7-6-8-10-15/h5-12,16H,1,13-14H2,2-4H3,(H,23,27)/b12-11+/t16-/m0/s1. The lowest BCUT2D eigenvalue weighted by Gasteiger charge is -2.22. The van der Waals surface area contributed by atoms with Gasteiger partial charge in [-0.15, -0.1) is 0 Å². The number of Topliss-reactive ketones (excluding diaryl/α,β-unsaturated/α-hetero) is 1. The Morgan fingerprint density at radius 1 is 1.24 bits per heavy atom. The maximum Gasteiger partial charge on any atom is 0.441 e. The van der Waals surface area contributed by atoms with Crippen LogP contribution in [0.25, 0.3) is 11.6 Å². The molecule has 0 aliphatic heterocycles. The van der Waals surface area contributed by atoms with E-state index in [0.717, 1.165) is 5.56 Å². The summed E-state index contributed by atoms with van der Waals surface area (Å²) in [5.41, 5.74) is 8.38. The summed E-state index contributed by atoms with van der Waals surface area (Å²) in [7, 11) is 0. The summed E-state index contributed by atoms with van der Waals surface area (Å²) >= 11 is 0. The minimum absolute atomic E-state index is 0.140. The number of nitrogens with zero attached hydrogens (tertiary/aromatic N) is 2. The molecule has 0 fully saturated rings. The number of hydrogen-bond acceptors (Lipinski definition) is 5. The van der Waals surface area contributed by atoms with Gasteiger partial charge in [-0.1, -0.05) is 55.1 Å². The van der Waals surface area contributed by atoms with E-state index in [2.05, 4.69) is 16.7 Å². The summed E-state index contributed by atoms with van der Waals surface area (Å²) < 4.78 is 9.94. The largest absolute Gasteiger partial charge is 0.453 e. The predicted molar refractivity (Wildman–Crippen MR) is 108 cm³/mol. The van der Waals surface area contributed by atoms with E-state index in [1.807, 2.05) is 30.3 Å². The van der Waals surface area contributed by atoms with Crippen LogP contribution in [0, 0.1) is 0 Å². The van der Waals surface area contributed by atoms with Crippen molar-refractivity contribution in [1.29, 1.82) is 0 Å². The molecule has 0 unspecified atom stereocenters. The van der Waals surface area contributed by atoms with E-state index < -0.39 is 35.2 Å². The Balaban J connectivity index is 2.97. The minimum atomic E-state index is -1.08. The quantitative estimate of drug-likeness (QED) is 0.171. The molecule has 0 radical (unpaired) electrons. The van der Waals surface area contributed by atoms with Gasteiger partial charge in [0.25, 0.3) is 5.78 Å². The summed E-state index contributed by atoms with van der Waals surface area (Å²) in [6.07, 6.45) is 3.53. The first-order valence-electron chi connectivity index (χ1n) is 8.92. The minimum Gasteiger partial charge on any atom is -0.453 e. The number of benzene rings is 1. The van der Waals surface area contributed by atoms with Crippen molar-refractivity contribution < 1.29 is 28.6 Å². The van der Waals surface area contributed by atoms with Crippen molar-refractivity contribution in [3.8, 4) is 0 Å². The molecule has 1 aromatic carbocycles. The lowest BCUT2D eigenvalue weighted by molar-refractivity contribution is -0.141. The molecule has 0 aliphatic rings. The van der Waals surface area contributed by atoms with Crippen LogP contribution in [0.1, 0.15) is 32.8 Å². The van der Waals surface area contributed by atoms with Gasteiger partial charge in [0.1, 0.15) is 12.2 Å². The van der Waals surface area contributed by atoms with Gasteiger partial charge >= 0.3 is 17.8 Å². The molecule has 0 bridgehead atoms. The normalized spacial score (nSPS) is 11.8. The number of alkyl carbamates (subject to hydrolysis) is 1. The number of esters is 1. The van der Waals surface area contributed by atoms with E-state index in [-0.39, 0.29) is 13.0 Å². The van der Waals surface area contributed by atoms with Crippen LogP contribution < -0.4 is 5.32 Å². The fourth-order valence-electron chi connectivity index (χ4n) is 2.13. The van der Waals surface area contributed by atoms with Crippen LogP contribution in [-0.2, 0) is 19.1 Å². The van der Waals surface area contributed by atoms with Crippen molar-refractivity contribution in [3.63, 3.8) is 0 Å². The van der Waals surface area contributed by atoms with Crippen molar-refractivity contribution in [1.82, 2.24) is 5.32 Å². The van der Waals surface area contributed by atoms with Gasteiger partial charge < -0.3 is 20.3 Å². The van der Waals surface area contributed by atoms with E-state index in [9.17, 15) is 14.4 Å². The monoisotopic (exact) mass is 399 g/mol. The first kappa shape index (κ1) is 23.5. The highest BCUT2D eigenvalue weighted by molar-refractivity contribution is 6.62. The summed E-state index contributed by atoms with van der Waals surface area (Å²) in [5, 5.41) is 2.56. The first-order chi connectivity index (χ1) is 13.7. The Hall–Kier alpha value is -3.51. The summed E-state index contributed by atoms with van der Waals surface area (Å²) in [6.45, 7) is 8.37. The van der Waals surface area contributed by atoms with Crippen LogP contribution >= 0.6 is 0 Å². The average Bonchev–Trinajstić information content (AvgIpc) is 2.64. The highest BCUT2D eigenvalue weighted by atomic mass is 16.6. The summed E-state index contributed by atoms with van der Waals surface area (Å²) in [6, 6.07) is 8.41. The number of rotatable bonds is 9. The zero-order valence-electron chi connectivity index (χ0n) is 16.8. The van der Waals surface area contributed by atoms with Crippen molar-refractivity contribution >= 4 is 29.6 Å². The van der Waals surface area contributed by atoms with Crippen LogP contribution in [0.4, 0.5) is 4.79 Å². The van der Waals surface area contributed by atoms with Crippen molar-refractivity contribution in [2.24, 2.45) is 0 Å². The fraction of sp³-hybridized carbons (Fsp3) is 0.333. The summed E-state index contributed by atoms with van der Waals surface area (Å²) in [5.74, 6) is -1.89. The Morgan fingerprint density at radius 2 is 1.90 bits per heavy atom. The first-order valence-corrected chi connectivity index (χ1v) is 8.92. The molecule has 8 nitrogen and oxygen atoms in total. The van der Waals surface area contributed by atoms with Crippen molar-refractivity contribution in [2.45, 2.75) is 38.8 Å². The molecule has 1 rings (SSSR count). The van der Waals surface area contributed by atoms with Crippen molar-refractivity contribution in [3.05, 3.63) is 60.2 Å². The third kappa shape index (κ3) is 9.30. The lowest BCUT2D eigenvalue weighted by Crippen LogP contribution is -2.41. The molecule has 1 atom stereocenters. The zero-order valence-corrected chi connectivity index (χ0v) is 16.8. The van der Waals surface area contributed by atoms with Crippen LogP contribution in [0.3, 0.4) is 0 Å². The van der Waals surface area contributed by atoms with Gasteiger partial charge in [-0.05, 0) is 26.3 Å².